The van der Waals surface area contributed by atoms with Crippen LogP contribution < -0.4 is 4.74 Å². The van der Waals surface area contributed by atoms with E-state index < -0.39 is 0 Å². The molecule has 0 amide bonds. The SMILES string of the molecule is CC(C)CC(=O)/C=C(\O)CC(C)C.[Ir].[c-]1cccc2c1-c1ncccc1OC2. The summed E-state index contributed by atoms with van der Waals surface area (Å²) in [5.74, 6) is 1.83. The molecule has 28 heavy (non-hydrogen) atoms. The number of hydrogen-bond acceptors (Lipinski definition) is 4. The maximum Gasteiger partial charge on any atom is 0.159 e. The largest absolute Gasteiger partial charge is 0.512 e. The van der Waals surface area contributed by atoms with E-state index in [0.29, 0.717) is 31.3 Å². The van der Waals surface area contributed by atoms with E-state index in [2.05, 4.69) is 11.1 Å². The van der Waals surface area contributed by atoms with Gasteiger partial charge in [0.15, 0.2) is 5.78 Å². The summed E-state index contributed by atoms with van der Waals surface area (Å²) in [6, 6.07) is 12.9. The second-order valence-electron chi connectivity index (χ2n) is 7.51. The Labute approximate surface area is 181 Å². The first-order chi connectivity index (χ1) is 12.9. The molecule has 0 bridgehead atoms. The van der Waals surface area contributed by atoms with Gasteiger partial charge in [0, 0.05) is 50.9 Å². The van der Waals surface area contributed by atoms with Crippen LogP contribution in [0.5, 0.6) is 5.75 Å². The number of ether oxygens (including phenoxy) is 1. The normalized spacial score (nSPS) is 12.1. The summed E-state index contributed by atoms with van der Waals surface area (Å²) in [7, 11) is 0. The fourth-order valence-corrected chi connectivity index (χ4v) is 2.79. The van der Waals surface area contributed by atoms with Gasteiger partial charge in [-0.25, -0.2) is 0 Å². The molecule has 4 nitrogen and oxygen atoms in total. The van der Waals surface area contributed by atoms with Crippen LogP contribution in [0.3, 0.4) is 0 Å². The number of hydrogen-bond donors (Lipinski definition) is 1. The van der Waals surface area contributed by atoms with E-state index in [0.717, 1.165) is 22.6 Å². The van der Waals surface area contributed by atoms with Crippen LogP contribution in [0.25, 0.3) is 11.3 Å². The number of allylic oxidation sites excluding steroid dienone is 2. The van der Waals surface area contributed by atoms with Gasteiger partial charge in [-0.05, 0) is 24.0 Å². The molecule has 2 heterocycles. The molecule has 0 atom stereocenters. The van der Waals surface area contributed by atoms with Crippen LogP contribution in [0.4, 0.5) is 0 Å². The first-order valence-corrected chi connectivity index (χ1v) is 9.37. The van der Waals surface area contributed by atoms with Crippen molar-refractivity contribution in [3.8, 4) is 17.0 Å². The molecule has 1 aliphatic heterocycles. The van der Waals surface area contributed by atoms with E-state index in [-0.39, 0.29) is 31.6 Å². The number of carbonyl (C=O) groups is 1. The van der Waals surface area contributed by atoms with Gasteiger partial charge in [-0.1, -0.05) is 33.3 Å². The van der Waals surface area contributed by atoms with Gasteiger partial charge >= 0.3 is 0 Å². The molecule has 1 aromatic heterocycles. The average Bonchev–Trinajstić information content (AvgIpc) is 2.60. The Morgan fingerprint density at radius 3 is 2.61 bits per heavy atom. The van der Waals surface area contributed by atoms with Crippen LogP contribution >= 0.6 is 0 Å². The van der Waals surface area contributed by atoms with Crippen molar-refractivity contribution in [1.29, 1.82) is 0 Å². The molecule has 0 saturated carbocycles. The number of rotatable bonds is 5. The Bertz CT molecular complexity index is 754. The minimum absolute atomic E-state index is 0. The number of ketones is 1. The van der Waals surface area contributed by atoms with Crippen molar-refractivity contribution in [3.05, 3.63) is 60.0 Å². The molecule has 0 fully saturated rings. The second-order valence-corrected chi connectivity index (χ2v) is 7.51. The van der Waals surface area contributed by atoms with Crippen LogP contribution in [0.2, 0.25) is 0 Å². The van der Waals surface area contributed by atoms with Gasteiger partial charge in [-0.3, -0.25) is 4.79 Å². The number of aliphatic hydroxyl groups excluding tert-OH is 1. The third-order valence-electron chi connectivity index (χ3n) is 3.89. The summed E-state index contributed by atoms with van der Waals surface area (Å²) in [4.78, 5) is 15.5. The first kappa shape index (κ1) is 24.1. The third kappa shape index (κ3) is 7.57. The zero-order valence-corrected chi connectivity index (χ0v) is 19.3. The van der Waals surface area contributed by atoms with E-state index in [4.69, 9.17) is 4.74 Å². The maximum atomic E-state index is 11.2. The molecule has 153 valence electrons. The van der Waals surface area contributed by atoms with E-state index in [9.17, 15) is 9.90 Å². The van der Waals surface area contributed by atoms with Crippen LogP contribution in [-0.4, -0.2) is 15.9 Å². The molecule has 0 aliphatic carbocycles. The monoisotopic (exact) mass is 559 g/mol. The predicted octanol–water partition coefficient (Wildman–Crippen LogP) is 5.53. The van der Waals surface area contributed by atoms with Gasteiger partial charge in [-0.15, -0.1) is 29.8 Å². The Morgan fingerprint density at radius 1 is 1.21 bits per heavy atom. The number of carbonyl (C=O) groups excluding carboxylic acids is 1. The number of aliphatic hydroxyl groups is 1. The first-order valence-electron chi connectivity index (χ1n) is 9.37. The summed E-state index contributed by atoms with van der Waals surface area (Å²) in [5.41, 5.74) is 3.11. The Kier molecular flexibility index (Phi) is 10.1. The second kappa shape index (κ2) is 11.8. The van der Waals surface area contributed by atoms with Crippen molar-refractivity contribution in [2.45, 2.75) is 47.1 Å². The molecule has 0 spiro atoms. The maximum absolute atomic E-state index is 11.2. The third-order valence-corrected chi connectivity index (χ3v) is 3.89. The molecule has 5 heteroatoms. The Balaban J connectivity index is 0.000000272. The number of aromatic nitrogens is 1. The van der Waals surface area contributed by atoms with Gasteiger partial charge in [-0.2, -0.15) is 0 Å². The quantitative estimate of drug-likeness (QED) is 0.298. The fraction of sp³-hybridized carbons (Fsp3) is 0.391. The standard InChI is InChI=1S/C12H8NO.C11H20O2.Ir/c1-2-5-10-9(4-1)8-14-11-6-3-7-13-12(10)11;1-8(2)5-10(12)7-11(13)6-9(3)4;/h1-4,6-7H,8H2;7-9,12H,5-6H2,1-4H3;/q-1;;/b;10-7-;. The van der Waals surface area contributed by atoms with Gasteiger partial charge < -0.3 is 14.8 Å². The minimum Gasteiger partial charge on any atom is -0.512 e. The van der Waals surface area contributed by atoms with Crippen molar-refractivity contribution in [2.24, 2.45) is 11.8 Å². The van der Waals surface area contributed by atoms with E-state index in [1.165, 1.54) is 6.08 Å². The van der Waals surface area contributed by atoms with Crippen molar-refractivity contribution < 1.29 is 34.7 Å². The van der Waals surface area contributed by atoms with E-state index in [1.807, 2.05) is 58.0 Å². The van der Waals surface area contributed by atoms with Crippen molar-refractivity contribution in [1.82, 2.24) is 4.98 Å². The molecule has 1 radical (unpaired) electrons. The Morgan fingerprint density at radius 2 is 1.93 bits per heavy atom. The fourth-order valence-electron chi connectivity index (χ4n) is 2.79. The molecule has 2 aromatic rings. The van der Waals surface area contributed by atoms with Crippen LogP contribution in [0.15, 0.2) is 48.4 Å². The predicted molar refractivity (Wildman–Crippen MR) is 107 cm³/mol. The number of nitrogens with zero attached hydrogens (tertiary/aromatic N) is 1. The van der Waals surface area contributed by atoms with Crippen molar-refractivity contribution in [2.75, 3.05) is 0 Å². The van der Waals surface area contributed by atoms with Crippen molar-refractivity contribution in [3.63, 3.8) is 0 Å². The zero-order valence-electron chi connectivity index (χ0n) is 16.9. The van der Waals surface area contributed by atoms with Gasteiger partial charge in [0.25, 0.3) is 0 Å². The molecule has 0 saturated heterocycles. The average molecular weight is 559 g/mol. The van der Waals surface area contributed by atoms with Gasteiger partial charge in [0.05, 0.1) is 12.4 Å². The smallest absolute Gasteiger partial charge is 0.159 e. The number of fused-ring (bicyclic) bond motifs is 3. The molecule has 1 aliphatic rings. The van der Waals surface area contributed by atoms with E-state index in [1.54, 1.807) is 6.20 Å². The minimum atomic E-state index is 0. The van der Waals surface area contributed by atoms with Crippen LogP contribution in [-0.2, 0) is 31.5 Å². The molecule has 1 N–H and O–H groups in total. The van der Waals surface area contributed by atoms with Crippen LogP contribution in [0.1, 0.15) is 46.1 Å². The summed E-state index contributed by atoms with van der Waals surface area (Å²) in [6.07, 6.45) is 4.24. The molecule has 0 unspecified atom stereocenters. The van der Waals surface area contributed by atoms with Crippen molar-refractivity contribution >= 4 is 5.78 Å². The molecular formula is C23H28IrNO3-. The van der Waals surface area contributed by atoms with Gasteiger partial charge in [0.1, 0.15) is 5.75 Å². The summed E-state index contributed by atoms with van der Waals surface area (Å²) in [5, 5.41) is 9.34. The topological polar surface area (TPSA) is 59.4 Å². The molecule has 1 aromatic carbocycles. The molecule has 3 rings (SSSR count). The number of benzene rings is 1. The number of pyridine rings is 1. The van der Waals surface area contributed by atoms with Gasteiger partial charge in [0.2, 0.25) is 0 Å². The Hall–Kier alpha value is -1.97. The summed E-state index contributed by atoms with van der Waals surface area (Å²) < 4.78 is 5.57. The van der Waals surface area contributed by atoms with Crippen LogP contribution in [0, 0.1) is 17.9 Å². The summed E-state index contributed by atoms with van der Waals surface area (Å²) in [6.45, 7) is 8.62. The zero-order chi connectivity index (χ0) is 19.8. The molecular weight excluding hydrogens is 530 g/mol. The summed E-state index contributed by atoms with van der Waals surface area (Å²) >= 11 is 0. The van der Waals surface area contributed by atoms with E-state index >= 15 is 0 Å².